The smallest absolute Gasteiger partial charge is 0.262 e. The number of fused-ring (bicyclic) bond motifs is 3. The molecule has 1 aliphatic rings. The third-order valence-corrected chi connectivity index (χ3v) is 6.15. The topological polar surface area (TPSA) is 67.2 Å². The van der Waals surface area contributed by atoms with Crippen LogP contribution in [0, 0.1) is 0 Å². The van der Waals surface area contributed by atoms with Gasteiger partial charge in [-0.25, -0.2) is 4.98 Å². The maximum Gasteiger partial charge on any atom is 0.262 e. The van der Waals surface area contributed by atoms with Crippen LogP contribution < -0.4 is 15.8 Å². The first-order chi connectivity index (χ1) is 13.0. The maximum absolute atomic E-state index is 12.8. The molecule has 0 saturated carbocycles. The van der Waals surface area contributed by atoms with Gasteiger partial charge in [-0.1, -0.05) is 12.1 Å². The van der Waals surface area contributed by atoms with Crippen LogP contribution >= 0.6 is 11.3 Å². The summed E-state index contributed by atoms with van der Waals surface area (Å²) in [6.07, 6.45) is 4.55. The standard InChI is InChI=1S/C20H22N4O2S/c1-23(2)14-8-6-13(7-9-14)10-21-17(25)11-24-12-22-19-18(20(24)26)15-4-3-5-16(15)27-19/h6-9,12H,3-5,10-11H2,1-2H3,(H,21,25). The maximum atomic E-state index is 12.8. The number of anilines is 1. The fourth-order valence-corrected chi connectivity index (χ4v) is 4.67. The van der Waals surface area contributed by atoms with E-state index in [1.54, 1.807) is 11.3 Å². The second-order valence-electron chi connectivity index (χ2n) is 7.05. The van der Waals surface area contributed by atoms with Crippen LogP contribution in [0.3, 0.4) is 0 Å². The van der Waals surface area contributed by atoms with Gasteiger partial charge in [0.2, 0.25) is 5.91 Å². The van der Waals surface area contributed by atoms with Gasteiger partial charge < -0.3 is 10.2 Å². The van der Waals surface area contributed by atoms with Crippen molar-refractivity contribution in [3.63, 3.8) is 0 Å². The van der Waals surface area contributed by atoms with Crippen LogP contribution in [0.2, 0.25) is 0 Å². The summed E-state index contributed by atoms with van der Waals surface area (Å²) in [5, 5.41) is 3.59. The molecule has 3 aromatic rings. The largest absolute Gasteiger partial charge is 0.378 e. The van der Waals surface area contributed by atoms with Crippen LogP contribution in [-0.2, 0) is 30.7 Å². The molecule has 4 rings (SSSR count). The van der Waals surface area contributed by atoms with Crippen LogP contribution in [0.1, 0.15) is 22.4 Å². The van der Waals surface area contributed by atoms with Gasteiger partial charge in [0.05, 0.1) is 11.7 Å². The summed E-state index contributed by atoms with van der Waals surface area (Å²) >= 11 is 1.61. The van der Waals surface area contributed by atoms with Crippen molar-refractivity contribution in [2.24, 2.45) is 0 Å². The van der Waals surface area contributed by atoms with Gasteiger partial charge >= 0.3 is 0 Å². The second-order valence-corrected chi connectivity index (χ2v) is 8.14. The van der Waals surface area contributed by atoms with E-state index in [2.05, 4.69) is 10.3 Å². The van der Waals surface area contributed by atoms with Gasteiger partial charge in [0.25, 0.3) is 5.56 Å². The minimum absolute atomic E-state index is 0.0117. The van der Waals surface area contributed by atoms with E-state index in [1.165, 1.54) is 15.8 Å². The Kier molecular flexibility index (Phi) is 4.70. The number of carbonyl (C=O) groups excluding carboxylic acids is 1. The second kappa shape index (κ2) is 7.15. The van der Waals surface area contributed by atoms with Gasteiger partial charge in [-0.3, -0.25) is 14.2 Å². The molecule has 2 heterocycles. The van der Waals surface area contributed by atoms with Crippen molar-refractivity contribution in [3.05, 3.63) is 57.0 Å². The average Bonchev–Trinajstić information content (AvgIpc) is 3.23. The Hall–Kier alpha value is -2.67. The lowest BCUT2D eigenvalue weighted by Crippen LogP contribution is -2.32. The van der Waals surface area contributed by atoms with Crippen LogP contribution in [0.4, 0.5) is 5.69 Å². The van der Waals surface area contributed by atoms with Crippen molar-refractivity contribution in [2.45, 2.75) is 32.4 Å². The molecule has 0 bridgehead atoms. The summed E-state index contributed by atoms with van der Waals surface area (Å²) in [6, 6.07) is 8.01. The summed E-state index contributed by atoms with van der Waals surface area (Å²) in [4.78, 5) is 33.6. The van der Waals surface area contributed by atoms with E-state index in [0.29, 0.717) is 11.9 Å². The van der Waals surface area contributed by atoms with E-state index in [0.717, 1.165) is 40.9 Å². The fourth-order valence-electron chi connectivity index (χ4n) is 3.46. The molecule has 0 aliphatic heterocycles. The van der Waals surface area contributed by atoms with E-state index in [1.807, 2.05) is 43.3 Å². The Morgan fingerprint density at radius 3 is 2.78 bits per heavy atom. The molecule has 1 aliphatic carbocycles. The number of hydrogen-bond donors (Lipinski definition) is 1. The Balaban J connectivity index is 1.45. The molecule has 27 heavy (non-hydrogen) atoms. The SMILES string of the molecule is CN(C)c1ccc(CNC(=O)Cn2cnc3sc4c(c3c2=O)CCC4)cc1. The summed E-state index contributed by atoms with van der Waals surface area (Å²) in [7, 11) is 3.98. The van der Waals surface area contributed by atoms with Gasteiger partial charge in [-0.2, -0.15) is 0 Å². The van der Waals surface area contributed by atoms with Crippen molar-refractivity contribution < 1.29 is 4.79 Å². The molecule has 6 nitrogen and oxygen atoms in total. The molecule has 0 atom stereocenters. The molecule has 7 heteroatoms. The molecule has 0 fully saturated rings. The van der Waals surface area contributed by atoms with Gasteiger partial charge in [-0.05, 0) is 42.5 Å². The summed E-state index contributed by atoms with van der Waals surface area (Å²) < 4.78 is 1.41. The normalized spacial score (nSPS) is 13.0. The first kappa shape index (κ1) is 17.7. The molecule has 0 unspecified atom stereocenters. The highest BCUT2D eigenvalue weighted by Crippen LogP contribution is 2.34. The predicted octanol–water partition coefficient (Wildman–Crippen LogP) is 2.33. The highest BCUT2D eigenvalue weighted by molar-refractivity contribution is 7.18. The van der Waals surface area contributed by atoms with Crippen LogP contribution in [0.15, 0.2) is 35.4 Å². The summed E-state index contributed by atoms with van der Waals surface area (Å²) in [6.45, 7) is 0.424. The third kappa shape index (κ3) is 3.47. The molecule has 1 N–H and O–H groups in total. The number of benzene rings is 1. The highest BCUT2D eigenvalue weighted by Gasteiger charge is 2.21. The Bertz CT molecular complexity index is 1050. The first-order valence-electron chi connectivity index (χ1n) is 9.05. The number of rotatable bonds is 5. The quantitative estimate of drug-likeness (QED) is 0.735. The lowest BCUT2D eigenvalue weighted by Gasteiger charge is -2.13. The third-order valence-electron chi connectivity index (χ3n) is 4.95. The predicted molar refractivity (Wildman–Crippen MR) is 109 cm³/mol. The van der Waals surface area contributed by atoms with Crippen molar-refractivity contribution in [1.82, 2.24) is 14.9 Å². The summed E-state index contributed by atoms with van der Waals surface area (Å²) in [5.41, 5.74) is 3.16. The van der Waals surface area contributed by atoms with Crippen molar-refractivity contribution in [1.29, 1.82) is 0 Å². The van der Waals surface area contributed by atoms with Crippen LogP contribution in [-0.4, -0.2) is 29.6 Å². The van der Waals surface area contributed by atoms with Gasteiger partial charge in [0, 0.05) is 31.2 Å². The number of hydrogen-bond acceptors (Lipinski definition) is 5. The minimum Gasteiger partial charge on any atom is -0.378 e. The van der Waals surface area contributed by atoms with E-state index in [9.17, 15) is 9.59 Å². The molecule has 1 amide bonds. The van der Waals surface area contributed by atoms with Crippen molar-refractivity contribution >= 4 is 33.1 Å². The highest BCUT2D eigenvalue weighted by atomic mass is 32.1. The minimum atomic E-state index is -0.193. The molecule has 0 spiro atoms. The number of nitrogens with zero attached hydrogens (tertiary/aromatic N) is 3. The Labute approximate surface area is 161 Å². The molecule has 140 valence electrons. The van der Waals surface area contributed by atoms with Crippen molar-refractivity contribution in [3.8, 4) is 0 Å². The van der Waals surface area contributed by atoms with Crippen molar-refractivity contribution in [2.75, 3.05) is 19.0 Å². The van der Waals surface area contributed by atoms with Gasteiger partial charge in [0.15, 0.2) is 0 Å². The molecule has 2 aromatic heterocycles. The molecule has 0 saturated heterocycles. The van der Waals surface area contributed by atoms with E-state index < -0.39 is 0 Å². The number of aromatic nitrogens is 2. The van der Waals surface area contributed by atoms with Gasteiger partial charge in [-0.15, -0.1) is 11.3 Å². The van der Waals surface area contributed by atoms with E-state index >= 15 is 0 Å². The number of amides is 1. The van der Waals surface area contributed by atoms with E-state index in [-0.39, 0.29) is 18.0 Å². The fraction of sp³-hybridized carbons (Fsp3) is 0.350. The average molecular weight is 382 g/mol. The van der Waals surface area contributed by atoms with E-state index in [4.69, 9.17) is 0 Å². The van der Waals surface area contributed by atoms with Gasteiger partial charge in [0.1, 0.15) is 11.4 Å². The zero-order valence-corrected chi connectivity index (χ0v) is 16.3. The molecule has 0 radical (unpaired) electrons. The lowest BCUT2D eigenvalue weighted by atomic mass is 10.2. The molecular formula is C20H22N4O2S. The summed E-state index contributed by atoms with van der Waals surface area (Å²) in [5.74, 6) is -0.193. The number of nitrogens with one attached hydrogen (secondary N) is 1. The Morgan fingerprint density at radius 2 is 2.04 bits per heavy atom. The molecule has 1 aromatic carbocycles. The monoisotopic (exact) mass is 382 g/mol. The lowest BCUT2D eigenvalue weighted by molar-refractivity contribution is -0.121. The number of thiophene rings is 1. The molecular weight excluding hydrogens is 360 g/mol. The van der Waals surface area contributed by atoms with Crippen LogP contribution in [0.5, 0.6) is 0 Å². The number of aryl methyl sites for hydroxylation is 2. The first-order valence-corrected chi connectivity index (χ1v) is 9.87. The number of carbonyl (C=O) groups is 1. The zero-order chi connectivity index (χ0) is 19.0. The zero-order valence-electron chi connectivity index (χ0n) is 15.5. The van der Waals surface area contributed by atoms with Crippen LogP contribution in [0.25, 0.3) is 10.2 Å². The Morgan fingerprint density at radius 1 is 1.26 bits per heavy atom.